The van der Waals surface area contributed by atoms with Crippen molar-refractivity contribution in [3.05, 3.63) is 34.9 Å². The van der Waals surface area contributed by atoms with E-state index in [0.717, 1.165) is 23.1 Å². The largest absolute Gasteiger partial charge is 0.294 e. The number of aryl methyl sites for hydroxylation is 2. The fourth-order valence-corrected chi connectivity index (χ4v) is 1.64. The van der Waals surface area contributed by atoms with Crippen LogP contribution in [0.3, 0.4) is 0 Å². The van der Waals surface area contributed by atoms with E-state index in [1.54, 1.807) is 0 Å². The van der Waals surface area contributed by atoms with Crippen LogP contribution >= 0.6 is 11.6 Å². The van der Waals surface area contributed by atoms with Crippen LogP contribution in [0.2, 0.25) is 0 Å². The van der Waals surface area contributed by atoms with E-state index in [-0.39, 0.29) is 5.78 Å². The SMILES string of the molecule is Cc1cc(C)cc(C(=O)CCCCl)c1. The summed E-state index contributed by atoms with van der Waals surface area (Å²) in [6.45, 7) is 4.01. The van der Waals surface area contributed by atoms with Gasteiger partial charge in [-0.2, -0.15) is 0 Å². The highest BCUT2D eigenvalue weighted by molar-refractivity contribution is 6.18. The first-order valence-corrected chi connectivity index (χ1v) is 5.34. The lowest BCUT2D eigenvalue weighted by atomic mass is 10.0. The third kappa shape index (κ3) is 3.15. The molecule has 0 spiro atoms. The van der Waals surface area contributed by atoms with Crippen LogP contribution < -0.4 is 0 Å². The second-order valence-electron chi connectivity index (χ2n) is 3.59. The Labute approximate surface area is 90.1 Å². The molecule has 0 bridgehead atoms. The predicted molar refractivity (Wildman–Crippen MR) is 60.2 cm³/mol. The summed E-state index contributed by atoms with van der Waals surface area (Å²) < 4.78 is 0. The van der Waals surface area contributed by atoms with Crippen molar-refractivity contribution in [1.29, 1.82) is 0 Å². The monoisotopic (exact) mass is 210 g/mol. The van der Waals surface area contributed by atoms with Gasteiger partial charge in [0.05, 0.1) is 0 Å². The fraction of sp³-hybridized carbons (Fsp3) is 0.417. The minimum atomic E-state index is 0.192. The number of hydrogen-bond acceptors (Lipinski definition) is 1. The van der Waals surface area contributed by atoms with Gasteiger partial charge in [0.1, 0.15) is 0 Å². The van der Waals surface area contributed by atoms with Crippen LogP contribution in [0.15, 0.2) is 18.2 Å². The van der Waals surface area contributed by atoms with Crippen LogP contribution in [0.5, 0.6) is 0 Å². The van der Waals surface area contributed by atoms with Gasteiger partial charge >= 0.3 is 0 Å². The zero-order valence-electron chi connectivity index (χ0n) is 8.64. The first-order valence-electron chi connectivity index (χ1n) is 4.81. The number of halogens is 1. The van der Waals surface area contributed by atoms with Crippen molar-refractivity contribution in [2.75, 3.05) is 5.88 Å². The topological polar surface area (TPSA) is 17.1 Å². The van der Waals surface area contributed by atoms with Crippen molar-refractivity contribution in [2.45, 2.75) is 26.7 Å². The molecule has 14 heavy (non-hydrogen) atoms. The predicted octanol–water partition coefficient (Wildman–Crippen LogP) is 3.51. The molecule has 76 valence electrons. The van der Waals surface area contributed by atoms with Gasteiger partial charge < -0.3 is 0 Å². The number of hydrogen-bond donors (Lipinski definition) is 0. The molecule has 0 saturated carbocycles. The summed E-state index contributed by atoms with van der Waals surface area (Å²) in [7, 11) is 0. The van der Waals surface area contributed by atoms with Gasteiger partial charge in [-0.15, -0.1) is 11.6 Å². The normalized spacial score (nSPS) is 10.2. The molecule has 0 atom stereocenters. The Kier molecular flexibility index (Phi) is 4.15. The van der Waals surface area contributed by atoms with Gasteiger partial charge in [-0.3, -0.25) is 4.79 Å². The van der Waals surface area contributed by atoms with Crippen molar-refractivity contribution in [3.8, 4) is 0 Å². The summed E-state index contributed by atoms with van der Waals surface area (Å²) in [5.74, 6) is 0.744. The molecule has 0 radical (unpaired) electrons. The summed E-state index contributed by atoms with van der Waals surface area (Å²) in [5.41, 5.74) is 3.09. The van der Waals surface area contributed by atoms with Crippen molar-refractivity contribution < 1.29 is 4.79 Å². The Morgan fingerprint density at radius 3 is 2.29 bits per heavy atom. The van der Waals surface area contributed by atoms with E-state index < -0.39 is 0 Å². The average Bonchev–Trinajstić information content (AvgIpc) is 2.12. The first-order chi connectivity index (χ1) is 6.63. The molecular weight excluding hydrogens is 196 g/mol. The molecule has 0 aliphatic heterocycles. The number of Topliss-reactive ketones (excluding diaryl/α,β-unsaturated/α-hetero) is 1. The molecule has 1 aromatic rings. The molecule has 1 rings (SSSR count). The number of alkyl halides is 1. The standard InChI is InChI=1S/C12H15ClO/c1-9-6-10(2)8-11(7-9)12(14)4-3-5-13/h6-8H,3-5H2,1-2H3. The molecular formula is C12H15ClO. The lowest BCUT2D eigenvalue weighted by Crippen LogP contribution is -2.00. The molecule has 0 unspecified atom stereocenters. The zero-order chi connectivity index (χ0) is 10.6. The smallest absolute Gasteiger partial charge is 0.162 e. The molecule has 0 saturated heterocycles. The second-order valence-corrected chi connectivity index (χ2v) is 3.97. The molecule has 0 heterocycles. The van der Waals surface area contributed by atoms with Crippen LogP contribution in [-0.2, 0) is 0 Å². The number of carbonyl (C=O) groups is 1. The van der Waals surface area contributed by atoms with Crippen molar-refractivity contribution in [3.63, 3.8) is 0 Å². The number of carbonyl (C=O) groups excluding carboxylic acids is 1. The Morgan fingerprint density at radius 1 is 1.21 bits per heavy atom. The fourth-order valence-electron chi connectivity index (χ4n) is 1.51. The summed E-state index contributed by atoms with van der Waals surface area (Å²) in [6, 6.07) is 5.94. The minimum absolute atomic E-state index is 0.192. The highest BCUT2D eigenvalue weighted by Gasteiger charge is 2.05. The van der Waals surface area contributed by atoms with E-state index in [1.165, 1.54) is 0 Å². The first kappa shape index (κ1) is 11.3. The maximum absolute atomic E-state index is 11.6. The molecule has 2 heteroatoms. The number of ketones is 1. The molecule has 0 aliphatic carbocycles. The van der Waals surface area contributed by atoms with E-state index in [0.29, 0.717) is 12.3 Å². The zero-order valence-corrected chi connectivity index (χ0v) is 9.40. The maximum atomic E-state index is 11.6. The molecule has 0 fully saturated rings. The van der Waals surface area contributed by atoms with E-state index >= 15 is 0 Å². The Balaban J connectivity index is 2.79. The summed E-state index contributed by atoms with van der Waals surface area (Å²) in [4.78, 5) is 11.6. The van der Waals surface area contributed by atoms with Gasteiger partial charge in [-0.25, -0.2) is 0 Å². The van der Waals surface area contributed by atoms with Crippen molar-refractivity contribution >= 4 is 17.4 Å². The number of benzene rings is 1. The molecule has 0 N–H and O–H groups in total. The van der Waals surface area contributed by atoms with Gasteiger partial charge in [0, 0.05) is 17.9 Å². The molecule has 0 aliphatic rings. The Hall–Kier alpha value is -0.820. The average molecular weight is 211 g/mol. The number of rotatable bonds is 4. The quantitative estimate of drug-likeness (QED) is 0.549. The lowest BCUT2D eigenvalue weighted by Gasteiger charge is -2.03. The van der Waals surface area contributed by atoms with Crippen LogP contribution in [0.1, 0.15) is 34.3 Å². The van der Waals surface area contributed by atoms with E-state index in [9.17, 15) is 4.79 Å². The maximum Gasteiger partial charge on any atom is 0.162 e. The third-order valence-electron chi connectivity index (χ3n) is 2.08. The van der Waals surface area contributed by atoms with Gasteiger partial charge in [0.2, 0.25) is 0 Å². The van der Waals surface area contributed by atoms with Gasteiger partial charge in [-0.05, 0) is 32.4 Å². The van der Waals surface area contributed by atoms with E-state index in [2.05, 4.69) is 6.07 Å². The highest BCUT2D eigenvalue weighted by atomic mass is 35.5. The van der Waals surface area contributed by atoms with Crippen molar-refractivity contribution in [2.24, 2.45) is 0 Å². The highest BCUT2D eigenvalue weighted by Crippen LogP contribution is 2.11. The molecule has 0 amide bonds. The summed E-state index contributed by atoms with van der Waals surface area (Å²) >= 11 is 5.54. The second kappa shape index (κ2) is 5.16. The Bertz CT molecular complexity index is 311. The van der Waals surface area contributed by atoms with E-state index in [1.807, 2.05) is 26.0 Å². The molecule has 0 aromatic heterocycles. The van der Waals surface area contributed by atoms with E-state index in [4.69, 9.17) is 11.6 Å². The summed E-state index contributed by atoms with van der Waals surface area (Å²) in [6.07, 6.45) is 1.31. The van der Waals surface area contributed by atoms with Gasteiger partial charge in [0.15, 0.2) is 5.78 Å². The van der Waals surface area contributed by atoms with Crippen LogP contribution in [0.25, 0.3) is 0 Å². The summed E-state index contributed by atoms with van der Waals surface area (Å²) in [5, 5.41) is 0. The molecule has 1 nitrogen and oxygen atoms in total. The van der Waals surface area contributed by atoms with Crippen LogP contribution in [0, 0.1) is 13.8 Å². The van der Waals surface area contributed by atoms with Crippen LogP contribution in [0.4, 0.5) is 0 Å². The Morgan fingerprint density at radius 2 is 1.79 bits per heavy atom. The molecule has 1 aromatic carbocycles. The minimum Gasteiger partial charge on any atom is -0.294 e. The van der Waals surface area contributed by atoms with Gasteiger partial charge in [0.25, 0.3) is 0 Å². The van der Waals surface area contributed by atoms with Gasteiger partial charge in [-0.1, -0.05) is 17.2 Å². The lowest BCUT2D eigenvalue weighted by molar-refractivity contribution is 0.0982. The third-order valence-corrected chi connectivity index (χ3v) is 2.35. The van der Waals surface area contributed by atoms with Crippen molar-refractivity contribution in [1.82, 2.24) is 0 Å². The van der Waals surface area contributed by atoms with Crippen LogP contribution in [-0.4, -0.2) is 11.7 Å².